The monoisotopic (exact) mass is 278 g/mol. The van der Waals surface area contributed by atoms with Gasteiger partial charge in [-0.1, -0.05) is 43.7 Å². The van der Waals surface area contributed by atoms with E-state index in [9.17, 15) is 14.7 Å². The summed E-state index contributed by atoms with van der Waals surface area (Å²) in [6.45, 7) is 3.98. The third-order valence-electron chi connectivity index (χ3n) is 2.98. The molecule has 1 aromatic carbocycles. The molecule has 5 heteroatoms. The largest absolute Gasteiger partial charge is 0.480 e. The minimum Gasteiger partial charge on any atom is -0.480 e. The van der Waals surface area contributed by atoms with Gasteiger partial charge in [-0.25, -0.2) is 0 Å². The van der Waals surface area contributed by atoms with Crippen LogP contribution in [0.25, 0.3) is 0 Å². The fourth-order valence-electron chi connectivity index (χ4n) is 2.02. The smallest absolute Gasteiger partial charge is 0.325 e. The van der Waals surface area contributed by atoms with Gasteiger partial charge in [-0.05, 0) is 18.9 Å². The molecule has 0 saturated carbocycles. The zero-order valence-corrected chi connectivity index (χ0v) is 11.9. The summed E-state index contributed by atoms with van der Waals surface area (Å²) in [6.07, 6.45) is 1.91. The van der Waals surface area contributed by atoms with Gasteiger partial charge in [0.25, 0.3) is 0 Å². The average molecular weight is 278 g/mol. The summed E-state index contributed by atoms with van der Waals surface area (Å²) in [5.74, 6) is -1.18. The molecule has 0 saturated heterocycles. The van der Waals surface area contributed by atoms with Crippen LogP contribution in [-0.2, 0) is 9.59 Å². The molecular formula is C15H22N2O3. The highest BCUT2D eigenvalue weighted by atomic mass is 16.4. The van der Waals surface area contributed by atoms with Crippen LogP contribution in [0.1, 0.15) is 38.3 Å². The van der Waals surface area contributed by atoms with Crippen molar-refractivity contribution >= 4 is 11.9 Å². The summed E-state index contributed by atoms with van der Waals surface area (Å²) in [6, 6.07) is 8.05. The molecule has 1 amide bonds. The number of carbonyl (C=O) groups excluding carboxylic acids is 1. The quantitative estimate of drug-likeness (QED) is 0.676. The Hall–Kier alpha value is -1.88. The second-order valence-electron chi connectivity index (χ2n) is 4.82. The molecule has 5 nitrogen and oxygen atoms in total. The topological polar surface area (TPSA) is 78.4 Å². The highest BCUT2D eigenvalue weighted by Gasteiger charge is 2.20. The molecule has 0 heterocycles. The molecule has 0 aromatic heterocycles. The zero-order valence-electron chi connectivity index (χ0n) is 11.9. The van der Waals surface area contributed by atoms with Crippen LogP contribution in [0.3, 0.4) is 0 Å². The molecule has 2 atom stereocenters. The van der Waals surface area contributed by atoms with Gasteiger partial charge in [0, 0.05) is 6.04 Å². The number of aliphatic carboxylic acids is 1. The van der Waals surface area contributed by atoms with Crippen molar-refractivity contribution in [3.8, 4) is 0 Å². The van der Waals surface area contributed by atoms with Crippen LogP contribution in [0.4, 0.5) is 0 Å². The molecule has 0 radical (unpaired) electrons. The van der Waals surface area contributed by atoms with Crippen LogP contribution in [0.5, 0.6) is 0 Å². The van der Waals surface area contributed by atoms with Crippen LogP contribution < -0.4 is 10.6 Å². The fraction of sp³-hybridized carbons (Fsp3) is 0.467. The lowest BCUT2D eigenvalue weighted by Gasteiger charge is -2.16. The maximum Gasteiger partial charge on any atom is 0.325 e. The van der Waals surface area contributed by atoms with Crippen LogP contribution in [0.15, 0.2) is 30.3 Å². The number of hydrogen-bond acceptors (Lipinski definition) is 3. The van der Waals surface area contributed by atoms with E-state index in [4.69, 9.17) is 0 Å². The van der Waals surface area contributed by atoms with Crippen LogP contribution >= 0.6 is 0 Å². The maximum atomic E-state index is 11.7. The number of hydrogen-bond donors (Lipinski definition) is 3. The standard InChI is InChI=1S/C15H22N2O3/c1-3-7-11(2)17-13(18)10-16-14(15(19)20)12-8-5-4-6-9-12/h4-6,8-9,11,14,16H,3,7,10H2,1-2H3,(H,17,18)(H,19,20). The minimum atomic E-state index is -0.995. The van der Waals surface area contributed by atoms with E-state index in [0.29, 0.717) is 5.56 Å². The fourth-order valence-corrected chi connectivity index (χ4v) is 2.02. The lowest BCUT2D eigenvalue weighted by molar-refractivity contribution is -0.139. The van der Waals surface area contributed by atoms with E-state index in [-0.39, 0.29) is 18.5 Å². The first-order chi connectivity index (χ1) is 9.54. The lowest BCUT2D eigenvalue weighted by Crippen LogP contribution is -2.41. The van der Waals surface area contributed by atoms with Gasteiger partial charge in [-0.2, -0.15) is 0 Å². The predicted octanol–water partition coefficient (Wildman–Crippen LogP) is 1.71. The van der Waals surface area contributed by atoms with Crippen LogP contribution in [0.2, 0.25) is 0 Å². The van der Waals surface area contributed by atoms with Crippen LogP contribution in [0, 0.1) is 0 Å². The molecule has 1 aromatic rings. The van der Waals surface area contributed by atoms with Gasteiger partial charge >= 0.3 is 5.97 Å². The first-order valence-corrected chi connectivity index (χ1v) is 6.85. The molecule has 0 aliphatic heterocycles. The molecular weight excluding hydrogens is 256 g/mol. The average Bonchev–Trinajstić information content (AvgIpc) is 2.40. The Bertz CT molecular complexity index is 434. The van der Waals surface area contributed by atoms with Gasteiger partial charge < -0.3 is 10.4 Å². The number of rotatable bonds is 8. The highest BCUT2D eigenvalue weighted by Crippen LogP contribution is 2.12. The number of carbonyl (C=O) groups is 2. The molecule has 1 rings (SSSR count). The summed E-state index contributed by atoms with van der Waals surface area (Å²) in [5, 5.41) is 14.8. The zero-order chi connectivity index (χ0) is 15.0. The summed E-state index contributed by atoms with van der Waals surface area (Å²) >= 11 is 0. The Morgan fingerprint density at radius 2 is 1.90 bits per heavy atom. The summed E-state index contributed by atoms with van der Waals surface area (Å²) in [4.78, 5) is 23.0. The third-order valence-corrected chi connectivity index (χ3v) is 2.98. The molecule has 3 N–H and O–H groups in total. The van der Waals surface area contributed by atoms with Crippen molar-refractivity contribution in [1.82, 2.24) is 10.6 Å². The van der Waals surface area contributed by atoms with Crippen molar-refractivity contribution in [2.75, 3.05) is 6.54 Å². The number of amides is 1. The SMILES string of the molecule is CCCC(C)NC(=O)CNC(C(=O)O)c1ccccc1. The summed E-state index contributed by atoms with van der Waals surface area (Å²) in [5.41, 5.74) is 0.634. The number of benzene rings is 1. The molecule has 0 aliphatic rings. The Morgan fingerprint density at radius 3 is 2.45 bits per heavy atom. The van der Waals surface area contributed by atoms with Gasteiger partial charge in [0.1, 0.15) is 6.04 Å². The van der Waals surface area contributed by atoms with E-state index in [1.807, 2.05) is 13.0 Å². The van der Waals surface area contributed by atoms with Crippen molar-refractivity contribution in [1.29, 1.82) is 0 Å². The molecule has 0 bridgehead atoms. The Labute approximate surface area is 119 Å². The predicted molar refractivity (Wildman–Crippen MR) is 77.3 cm³/mol. The second kappa shape index (κ2) is 8.32. The Kier molecular flexibility index (Phi) is 6.73. The van der Waals surface area contributed by atoms with Crippen molar-refractivity contribution in [3.63, 3.8) is 0 Å². The van der Waals surface area contributed by atoms with Crippen molar-refractivity contribution in [2.24, 2.45) is 0 Å². The van der Waals surface area contributed by atoms with Gasteiger partial charge in [0.2, 0.25) is 5.91 Å². The van der Waals surface area contributed by atoms with E-state index in [0.717, 1.165) is 12.8 Å². The van der Waals surface area contributed by atoms with E-state index in [1.54, 1.807) is 24.3 Å². The molecule has 0 aliphatic carbocycles. The van der Waals surface area contributed by atoms with Crippen molar-refractivity contribution in [2.45, 2.75) is 38.8 Å². The summed E-state index contributed by atoms with van der Waals surface area (Å²) in [7, 11) is 0. The van der Waals surface area contributed by atoms with Crippen LogP contribution in [-0.4, -0.2) is 29.6 Å². The molecule has 0 fully saturated rings. The lowest BCUT2D eigenvalue weighted by atomic mass is 10.1. The number of carboxylic acid groups (broad SMARTS) is 1. The van der Waals surface area contributed by atoms with E-state index < -0.39 is 12.0 Å². The van der Waals surface area contributed by atoms with Gasteiger partial charge in [0.05, 0.1) is 6.54 Å². The normalized spacial score (nSPS) is 13.5. The summed E-state index contributed by atoms with van der Waals surface area (Å²) < 4.78 is 0. The number of nitrogens with one attached hydrogen (secondary N) is 2. The van der Waals surface area contributed by atoms with Gasteiger partial charge in [0.15, 0.2) is 0 Å². The van der Waals surface area contributed by atoms with Crippen molar-refractivity contribution < 1.29 is 14.7 Å². The molecule has 20 heavy (non-hydrogen) atoms. The Morgan fingerprint density at radius 1 is 1.25 bits per heavy atom. The molecule has 110 valence electrons. The second-order valence-corrected chi connectivity index (χ2v) is 4.82. The molecule has 2 unspecified atom stereocenters. The van der Waals surface area contributed by atoms with E-state index in [1.165, 1.54) is 0 Å². The first-order valence-electron chi connectivity index (χ1n) is 6.85. The molecule has 0 spiro atoms. The number of carboxylic acids is 1. The minimum absolute atomic E-state index is 0.0140. The van der Waals surface area contributed by atoms with Gasteiger partial charge in [-0.3, -0.25) is 14.9 Å². The Balaban J connectivity index is 2.52. The van der Waals surface area contributed by atoms with E-state index >= 15 is 0 Å². The first kappa shape index (κ1) is 16.2. The maximum absolute atomic E-state index is 11.7. The van der Waals surface area contributed by atoms with Crippen molar-refractivity contribution in [3.05, 3.63) is 35.9 Å². The van der Waals surface area contributed by atoms with E-state index in [2.05, 4.69) is 17.6 Å². The highest BCUT2D eigenvalue weighted by molar-refractivity contribution is 5.80. The third kappa shape index (κ3) is 5.40. The van der Waals surface area contributed by atoms with Gasteiger partial charge in [-0.15, -0.1) is 0 Å².